The number of carbonyl (C=O) groups is 1. The molecule has 1 rings (SSSR count). The Morgan fingerprint density at radius 3 is 2.45 bits per heavy atom. The number of alkyl halides is 3. The van der Waals surface area contributed by atoms with Crippen molar-refractivity contribution in [3.05, 3.63) is 34.3 Å². The molecule has 7 heteroatoms. The maximum Gasteiger partial charge on any atom is 0.401 e. The summed E-state index contributed by atoms with van der Waals surface area (Å²) in [5.41, 5.74) is 0.448. The van der Waals surface area contributed by atoms with E-state index >= 15 is 0 Å². The fourth-order valence-electron chi connectivity index (χ4n) is 1.75. The van der Waals surface area contributed by atoms with Gasteiger partial charge in [-0.25, -0.2) is 0 Å². The number of hydrogen-bond acceptors (Lipinski definition) is 3. The van der Waals surface area contributed by atoms with Gasteiger partial charge in [-0.05, 0) is 6.07 Å². The third kappa shape index (κ3) is 6.02. The van der Waals surface area contributed by atoms with Gasteiger partial charge in [0.05, 0.1) is 13.2 Å². The predicted molar refractivity (Wildman–Crippen MR) is 72.7 cm³/mol. The summed E-state index contributed by atoms with van der Waals surface area (Å²) < 4.78 is 37.6. The second-order valence-electron chi connectivity index (χ2n) is 4.27. The van der Waals surface area contributed by atoms with Crippen LogP contribution in [0.1, 0.15) is 16.8 Å². The molecule has 0 aliphatic rings. The van der Waals surface area contributed by atoms with E-state index in [1.54, 1.807) is 24.3 Å². The van der Waals surface area contributed by atoms with Gasteiger partial charge in [0, 0.05) is 29.5 Å². The molecule has 1 aromatic rings. The summed E-state index contributed by atoms with van der Waals surface area (Å²) in [7, 11) is 0. The van der Waals surface area contributed by atoms with E-state index in [2.05, 4.69) is 15.9 Å². The molecule has 20 heavy (non-hydrogen) atoms. The molecule has 0 heterocycles. The first-order valence-corrected chi connectivity index (χ1v) is 6.80. The number of aliphatic hydroxyl groups excluding tert-OH is 1. The summed E-state index contributed by atoms with van der Waals surface area (Å²) in [6.45, 7) is -1.65. The fourth-order valence-corrected chi connectivity index (χ4v) is 2.25. The van der Waals surface area contributed by atoms with Crippen LogP contribution in [0, 0.1) is 0 Å². The Hall–Kier alpha value is -0.920. The lowest BCUT2D eigenvalue weighted by Crippen LogP contribution is -2.37. The maximum atomic E-state index is 12.3. The van der Waals surface area contributed by atoms with Gasteiger partial charge in [-0.1, -0.05) is 34.1 Å². The molecule has 0 aliphatic heterocycles. The first kappa shape index (κ1) is 17.1. The zero-order valence-corrected chi connectivity index (χ0v) is 12.2. The van der Waals surface area contributed by atoms with Gasteiger partial charge < -0.3 is 5.11 Å². The van der Waals surface area contributed by atoms with E-state index in [1.807, 2.05) is 0 Å². The van der Waals surface area contributed by atoms with Crippen LogP contribution in [-0.4, -0.2) is 48.2 Å². The van der Waals surface area contributed by atoms with Crippen LogP contribution in [0.25, 0.3) is 0 Å². The topological polar surface area (TPSA) is 40.5 Å². The molecule has 0 spiro atoms. The Labute approximate surface area is 123 Å². The molecule has 3 nitrogen and oxygen atoms in total. The summed E-state index contributed by atoms with van der Waals surface area (Å²) in [4.78, 5) is 13.0. The van der Waals surface area contributed by atoms with Gasteiger partial charge in [0.1, 0.15) is 0 Å². The monoisotopic (exact) mass is 353 g/mol. The Balaban J connectivity index is 2.59. The van der Waals surface area contributed by atoms with Crippen LogP contribution in [0.3, 0.4) is 0 Å². The summed E-state index contributed by atoms with van der Waals surface area (Å²) in [6.07, 6.45) is -4.37. The van der Waals surface area contributed by atoms with Crippen LogP contribution in [0.4, 0.5) is 13.2 Å². The lowest BCUT2D eigenvalue weighted by Gasteiger charge is -2.22. The Morgan fingerprint density at radius 2 is 1.90 bits per heavy atom. The van der Waals surface area contributed by atoms with Gasteiger partial charge in [0.2, 0.25) is 0 Å². The van der Waals surface area contributed by atoms with Gasteiger partial charge in [-0.2, -0.15) is 13.2 Å². The van der Waals surface area contributed by atoms with Crippen molar-refractivity contribution in [2.45, 2.75) is 12.6 Å². The molecule has 0 aromatic heterocycles. The summed E-state index contributed by atoms with van der Waals surface area (Å²) in [6, 6.07) is 6.77. The number of carbonyl (C=O) groups excluding carboxylic acids is 1. The standard InChI is InChI=1S/C13H15BrF3NO2/c14-11-4-2-1-3-10(11)12(20)5-6-18(7-8-19)9-13(15,16)17/h1-4,19H,5-9H2. The van der Waals surface area contributed by atoms with Crippen molar-refractivity contribution in [3.8, 4) is 0 Å². The highest BCUT2D eigenvalue weighted by molar-refractivity contribution is 9.10. The summed E-state index contributed by atoms with van der Waals surface area (Å²) in [5, 5.41) is 8.76. The first-order valence-electron chi connectivity index (χ1n) is 6.01. The molecule has 0 atom stereocenters. The van der Waals surface area contributed by atoms with Crippen molar-refractivity contribution < 1.29 is 23.1 Å². The van der Waals surface area contributed by atoms with Crippen LogP contribution in [0.15, 0.2) is 28.7 Å². The molecule has 0 fully saturated rings. The molecule has 0 unspecified atom stereocenters. The van der Waals surface area contributed by atoms with Crippen molar-refractivity contribution in [3.63, 3.8) is 0 Å². The third-order valence-corrected chi connectivity index (χ3v) is 3.34. The van der Waals surface area contributed by atoms with Crippen LogP contribution in [0.2, 0.25) is 0 Å². The van der Waals surface area contributed by atoms with Crippen molar-refractivity contribution >= 4 is 21.7 Å². The Kier molecular flexibility index (Phi) is 6.64. The zero-order chi connectivity index (χ0) is 15.2. The van der Waals surface area contributed by atoms with Crippen molar-refractivity contribution in [1.29, 1.82) is 0 Å². The SMILES string of the molecule is O=C(CCN(CCO)CC(F)(F)F)c1ccccc1Br. The van der Waals surface area contributed by atoms with Crippen molar-refractivity contribution in [2.75, 3.05) is 26.2 Å². The highest BCUT2D eigenvalue weighted by Crippen LogP contribution is 2.19. The number of rotatable bonds is 7. The minimum Gasteiger partial charge on any atom is -0.395 e. The molecular weight excluding hydrogens is 339 g/mol. The van der Waals surface area contributed by atoms with Crippen molar-refractivity contribution in [2.24, 2.45) is 0 Å². The smallest absolute Gasteiger partial charge is 0.395 e. The van der Waals surface area contributed by atoms with Crippen LogP contribution in [-0.2, 0) is 0 Å². The predicted octanol–water partition coefficient (Wildman–Crippen LogP) is 2.88. The van der Waals surface area contributed by atoms with Crippen molar-refractivity contribution in [1.82, 2.24) is 4.90 Å². The van der Waals surface area contributed by atoms with Gasteiger partial charge in [-0.3, -0.25) is 9.69 Å². The van der Waals surface area contributed by atoms with Gasteiger partial charge in [-0.15, -0.1) is 0 Å². The average molecular weight is 354 g/mol. The second kappa shape index (κ2) is 7.75. The first-order chi connectivity index (χ1) is 9.33. The largest absolute Gasteiger partial charge is 0.401 e. The minimum absolute atomic E-state index is 0.0291. The minimum atomic E-state index is -4.34. The number of hydrogen-bond donors (Lipinski definition) is 1. The highest BCUT2D eigenvalue weighted by atomic mass is 79.9. The van der Waals surface area contributed by atoms with Crippen LogP contribution >= 0.6 is 15.9 Å². The highest BCUT2D eigenvalue weighted by Gasteiger charge is 2.30. The number of Topliss-reactive ketones (excluding diaryl/α,β-unsaturated/α-hetero) is 1. The second-order valence-corrected chi connectivity index (χ2v) is 5.12. The molecule has 112 valence electrons. The number of halogens is 4. The Bertz CT molecular complexity index is 451. The zero-order valence-electron chi connectivity index (χ0n) is 10.7. The van der Waals surface area contributed by atoms with E-state index in [0.29, 0.717) is 10.0 Å². The number of nitrogens with zero attached hydrogens (tertiary/aromatic N) is 1. The maximum absolute atomic E-state index is 12.3. The number of benzene rings is 1. The molecule has 0 amide bonds. The molecule has 0 aliphatic carbocycles. The van der Waals surface area contributed by atoms with E-state index in [4.69, 9.17) is 5.11 Å². The molecule has 0 saturated heterocycles. The molecule has 0 bridgehead atoms. The van der Waals surface area contributed by atoms with E-state index in [9.17, 15) is 18.0 Å². The summed E-state index contributed by atoms with van der Waals surface area (Å²) >= 11 is 3.23. The van der Waals surface area contributed by atoms with Gasteiger partial charge in [0.15, 0.2) is 5.78 Å². The van der Waals surface area contributed by atoms with E-state index in [0.717, 1.165) is 4.90 Å². The summed E-state index contributed by atoms with van der Waals surface area (Å²) in [5.74, 6) is -0.234. The molecule has 0 saturated carbocycles. The third-order valence-electron chi connectivity index (χ3n) is 2.65. The fraction of sp³-hybridized carbons (Fsp3) is 0.462. The lowest BCUT2D eigenvalue weighted by atomic mass is 10.1. The van der Waals surface area contributed by atoms with E-state index < -0.39 is 12.7 Å². The Morgan fingerprint density at radius 1 is 1.25 bits per heavy atom. The molecule has 0 radical (unpaired) electrons. The molecule has 1 N–H and O–H groups in total. The average Bonchev–Trinajstić information content (AvgIpc) is 2.34. The van der Waals surface area contributed by atoms with Crippen LogP contribution < -0.4 is 0 Å². The lowest BCUT2D eigenvalue weighted by molar-refractivity contribution is -0.146. The van der Waals surface area contributed by atoms with Crippen LogP contribution in [0.5, 0.6) is 0 Å². The quantitative estimate of drug-likeness (QED) is 0.766. The van der Waals surface area contributed by atoms with Gasteiger partial charge in [0.25, 0.3) is 0 Å². The van der Waals surface area contributed by atoms with Gasteiger partial charge >= 0.3 is 6.18 Å². The number of ketones is 1. The normalized spacial score (nSPS) is 11.9. The van der Waals surface area contributed by atoms with E-state index in [1.165, 1.54) is 0 Å². The molecular formula is C13H15BrF3NO2. The number of aliphatic hydroxyl groups is 1. The van der Waals surface area contributed by atoms with E-state index in [-0.39, 0.29) is 31.9 Å². The molecule has 1 aromatic carbocycles.